The van der Waals surface area contributed by atoms with Gasteiger partial charge < -0.3 is 5.32 Å². The molecule has 1 saturated carbocycles. The summed E-state index contributed by atoms with van der Waals surface area (Å²) in [6.45, 7) is 0. The van der Waals surface area contributed by atoms with Crippen LogP contribution < -0.4 is 5.32 Å². The second kappa shape index (κ2) is 4.88. The first-order valence-electron chi connectivity index (χ1n) is 4.85. The Labute approximate surface area is 85.1 Å². The Hall–Kier alpha value is -0.200. The maximum atomic E-state index is 9.04. The lowest BCUT2D eigenvalue weighted by molar-refractivity contribution is 0.265. The van der Waals surface area contributed by atoms with E-state index in [-0.39, 0.29) is 5.54 Å². The first kappa shape index (κ1) is 10.9. The summed E-state index contributed by atoms with van der Waals surface area (Å²) in [4.78, 5) is 0. The lowest BCUT2D eigenvalue weighted by Gasteiger charge is -2.34. The van der Waals surface area contributed by atoms with Gasteiger partial charge in [-0.1, -0.05) is 0 Å². The quantitative estimate of drug-likeness (QED) is 0.753. The molecule has 0 unspecified atom stereocenters. The molecule has 0 heterocycles. The van der Waals surface area contributed by atoms with Gasteiger partial charge in [0.1, 0.15) is 5.54 Å². The van der Waals surface area contributed by atoms with Gasteiger partial charge in [-0.15, -0.1) is 0 Å². The normalized spacial score (nSPS) is 34.1. The first-order chi connectivity index (χ1) is 6.26. The largest absolute Gasteiger partial charge is 0.302 e. The molecule has 13 heavy (non-hydrogen) atoms. The number of hydrogen-bond donors (Lipinski definition) is 1. The summed E-state index contributed by atoms with van der Waals surface area (Å²) in [5.41, 5.74) is -0.213. The highest BCUT2D eigenvalue weighted by Crippen LogP contribution is 2.32. The molecule has 1 rings (SSSR count). The third-order valence-corrected chi connectivity index (χ3v) is 3.86. The first-order valence-corrected chi connectivity index (χ1v) is 6.25. The molecule has 1 N–H and O–H groups in total. The molecule has 1 fully saturated rings. The van der Waals surface area contributed by atoms with Crippen LogP contribution >= 0.6 is 11.8 Å². The summed E-state index contributed by atoms with van der Waals surface area (Å²) in [7, 11) is 1.90. The van der Waals surface area contributed by atoms with Crippen molar-refractivity contribution in [3.05, 3.63) is 0 Å². The molecule has 1 aliphatic rings. The fourth-order valence-corrected chi connectivity index (χ4v) is 2.80. The molecule has 0 aromatic carbocycles. The minimum atomic E-state index is -0.213. The molecule has 0 spiro atoms. The van der Waals surface area contributed by atoms with E-state index >= 15 is 0 Å². The minimum Gasteiger partial charge on any atom is -0.302 e. The maximum Gasteiger partial charge on any atom is 0.106 e. The van der Waals surface area contributed by atoms with Crippen molar-refractivity contribution in [2.24, 2.45) is 5.92 Å². The number of hydrogen-bond acceptors (Lipinski definition) is 3. The maximum absolute atomic E-state index is 9.04. The van der Waals surface area contributed by atoms with Gasteiger partial charge in [0.15, 0.2) is 0 Å². The van der Waals surface area contributed by atoms with Crippen molar-refractivity contribution in [2.75, 3.05) is 19.1 Å². The van der Waals surface area contributed by atoms with Crippen molar-refractivity contribution in [1.29, 1.82) is 5.26 Å². The lowest BCUT2D eigenvalue weighted by Crippen LogP contribution is -2.44. The number of nitrogens with zero attached hydrogens (tertiary/aromatic N) is 1. The van der Waals surface area contributed by atoms with Gasteiger partial charge in [-0.05, 0) is 50.7 Å². The van der Waals surface area contributed by atoms with E-state index in [1.165, 1.54) is 18.6 Å². The Bertz CT molecular complexity index is 190. The van der Waals surface area contributed by atoms with Crippen LogP contribution in [0.2, 0.25) is 0 Å². The van der Waals surface area contributed by atoms with Gasteiger partial charge in [0.25, 0.3) is 0 Å². The van der Waals surface area contributed by atoms with Crippen LogP contribution in [0.4, 0.5) is 0 Å². The second-order valence-electron chi connectivity index (χ2n) is 3.84. The van der Waals surface area contributed by atoms with E-state index in [1.807, 2.05) is 18.8 Å². The molecule has 0 aromatic heterocycles. The summed E-state index contributed by atoms with van der Waals surface area (Å²) >= 11 is 1.92. The van der Waals surface area contributed by atoms with Gasteiger partial charge in [-0.2, -0.15) is 17.0 Å². The average molecular weight is 198 g/mol. The minimum absolute atomic E-state index is 0.213. The zero-order valence-corrected chi connectivity index (χ0v) is 9.28. The third kappa shape index (κ3) is 2.62. The predicted octanol–water partition coefficient (Wildman–Crippen LogP) is 2.02. The molecule has 0 saturated heterocycles. The Morgan fingerprint density at radius 1 is 1.54 bits per heavy atom. The zero-order valence-electron chi connectivity index (χ0n) is 8.47. The van der Waals surface area contributed by atoms with Gasteiger partial charge in [-0.3, -0.25) is 0 Å². The molecular formula is C10H18N2S. The van der Waals surface area contributed by atoms with Crippen LogP contribution in [-0.4, -0.2) is 24.6 Å². The Balaban J connectivity index is 2.42. The van der Waals surface area contributed by atoms with Crippen molar-refractivity contribution < 1.29 is 0 Å². The Morgan fingerprint density at radius 2 is 2.15 bits per heavy atom. The van der Waals surface area contributed by atoms with Crippen LogP contribution in [0.3, 0.4) is 0 Å². The van der Waals surface area contributed by atoms with Gasteiger partial charge >= 0.3 is 0 Å². The standard InChI is InChI=1S/C10H18N2S/c1-12-10(8-11)5-3-9(4-6-10)7-13-2/h9,12H,3-7H2,1-2H3. The van der Waals surface area contributed by atoms with Crippen molar-refractivity contribution in [2.45, 2.75) is 31.2 Å². The molecule has 74 valence electrons. The fourth-order valence-electron chi connectivity index (χ4n) is 1.99. The van der Waals surface area contributed by atoms with Crippen molar-refractivity contribution in [3.63, 3.8) is 0 Å². The summed E-state index contributed by atoms with van der Waals surface area (Å²) in [5.74, 6) is 2.09. The number of thioether (sulfide) groups is 1. The molecule has 3 heteroatoms. The molecule has 1 aliphatic carbocycles. The van der Waals surface area contributed by atoms with E-state index in [2.05, 4.69) is 17.6 Å². The van der Waals surface area contributed by atoms with Crippen LogP contribution in [0, 0.1) is 17.2 Å². The van der Waals surface area contributed by atoms with Gasteiger partial charge in [0, 0.05) is 0 Å². The van der Waals surface area contributed by atoms with Crippen molar-refractivity contribution in [1.82, 2.24) is 5.32 Å². The highest BCUT2D eigenvalue weighted by molar-refractivity contribution is 7.98. The van der Waals surface area contributed by atoms with Gasteiger partial charge in [0.2, 0.25) is 0 Å². The summed E-state index contributed by atoms with van der Waals surface area (Å²) in [6.07, 6.45) is 6.60. The summed E-state index contributed by atoms with van der Waals surface area (Å²) in [6, 6.07) is 2.41. The highest BCUT2D eigenvalue weighted by atomic mass is 32.2. The molecule has 0 radical (unpaired) electrons. The van der Waals surface area contributed by atoms with E-state index in [0.717, 1.165) is 18.8 Å². The number of nitriles is 1. The van der Waals surface area contributed by atoms with Gasteiger partial charge in [-0.25, -0.2) is 0 Å². The SMILES string of the molecule is CNC1(C#N)CCC(CSC)CC1. The van der Waals surface area contributed by atoms with E-state index in [1.54, 1.807) is 0 Å². The van der Waals surface area contributed by atoms with E-state index in [4.69, 9.17) is 5.26 Å². The molecule has 0 bridgehead atoms. The van der Waals surface area contributed by atoms with Crippen molar-refractivity contribution >= 4 is 11.8 Å². The molecule has 0 aliphatic heterocycles. The topological polar surface area (TPSA) is 35.8 Å². The molecule has 0 atom stereocenters. The fraction of sp³-hybridized carbons (Fsp3) is 0.900. The monoisotopic (exact) mass is 198 g/mol. The molecular weight excluding hydrogens is 180 g/mol. The number of rotatable bonds is 3. The second-order valence-corrected chi connectivity index (χ2v) is 4.75. The van der Waals surface area contributed by atoms with Crippen LogP contribution in [0.25, 0.3) is 0 Å². The van der Waals surface area contributed by atoms with Crippen molar-refractivity contribution in [3.8, 4) is 6.07 Å². The summed E-state index contributed by atoms with van der Waals surface area (Å²) in [5, 5.41) is 12.2. The van der Waals surface area contributed by atoms with E-state index in [0.29, 0.717) is 0 Å². The Morgan fingerprint density at radius 3 is 2.54 bits per heavy atom. The van der Waals surface area contributed by atoms with E-state index in [9.17, 15) is 0 Å². The summed E-state index contributed by atoms with van der Waals surface area (Å²) < 4.78 is 0. The van der Waals surface area contributed by atoms with E-state index < -0.39 is 0 Å². The smallest absolute Gasteiger partial charge is 0.106 e. The van der Waals surface area contributed by atoms with Crippen LogP contribution in [0.1, 0.15) is 25.7 Å². The van der Waals surface area contributed by atoms with Crippen LogP contribution in [0.5, 0.6) is 0 Å². The predicted molar refractivity (Wildman–Crippen MR) is 57.7 cm³/mol. The Kier molecular flexibility index (Phi) is 4.08. The third-order valence-electron chi connectivity index (χ3n) is 3.05. The molecule has 0 amide bonds. The highest BCUT2D eigenvalue weighted by Gasteiger charge is 2.33. The molecule has 2 nitrogen and oxygen atoms in total. The lowest BCUT2D eigenvalue weighted by atomic mass is 9.78. The zero-order chi connectivity index (χ0) is 9.73. The van der Waals surface area contributed by atoms with Crippen LogP contribution in [-0.2, 0) is 0 Å². The van der Waals surface area contributed by atoms with Gasteiger partial charge in [0.05, 0.1) is 6.07 Å². The average Bonchev–Trinajstić information content (AvgIpc) is 2.20. The molecule has 0 aromatic rings. The number of nitrogens with one attached hydrogen (secondary N) is 1. The van der Waals surface area contributed by atoms with Crippen LogP contribution in [0.15, 0.2) is 0 Å².